The number of hydrogen-bond donors (Lipinski definition) is 2. The summed E-state index contributed by atoms with van der Waals surface area (Å²) in [5.74, 6) is 0. The molecular weight excluding hydrogens is 220 g/mol. The highest BCUT2D eigenvalue weighted by Crippen LogP contribution is 2.21. The topological polar surface area (TPSA) is 61.8 Å². The maximum atomic E-state index is 12.0. The highest BCUT2D eigenvalue weighted by molar-refractivity contribution is 5.74. The maximum absolute atomic E-state index is 12.0. The van der Waals surface area contributed by atoms with E-state index in [1.54, 1.807) is 4.90 Å². The highest BCUT2D eigenvalue weighted by atomic mass is 16.5. The first-order valence-electron chi connectivity index (χ1n) is 6.19. The molecule has 0 aromatic heterocycles. The van der Waals surface area contributed by atoms with E-state index >= 15 is 0 Å². The van der Waals surface area contributed by atoms with Crippen molar-refractivity contribution in [2.45, 2.75) is 33.2 Å². The fourth-order valence-corrected chi connectivity index (χ4v) is 1.86. The summed E-state index contributed by atoms with van der Waals surface area (Å²) in [7, 11) is 0. The summed E-state index contributed by atoms with van der Waals surface area (Å²) < 4.78 is 5.21. The Hall–Kier alpha value is -0.810. The van der Waals surface area contributed by atoms with Crippen molar-refractivity contribution in [3.63, 3.8) is 0 Å². The Kier molecular flexibility index (Phi) is 5.21. The van der Waals surface area contributed by atoms with Crippen molar-refractivity contribution in [2.75, 3.05) is 32.9 Å². The van der Waals surface area contributed by atoms with Gasteiger partial charge in [0.1, 0.15) is 0 Å². The molecule has 17 heavy (non-hydrogen) atoms. The van der Waals surface area contributed by atoms with Crippen LogP contribution in [0, 0.1) is 5.41 Å². The Morgan fingerprint density at radius 3 is 2.47 bits per heavy atom. The summed E-state index contributed by atoms with van der Waals surface area (Å²) in [6.07, 6.45) is 0.583. The largest absolute Gasteiger partial charge is 0.396 e. The number of ether oxygens (including phenoxy) is 1. The van der Waals surface area contributed by atoms with Gasteiger partial charge in [0, 0.05) is 25.7 Å². The predicted octanol–water partition coefficient (Wildman–Crippen LogP) is 0.825. The summed E-state index contributed by atoms with van der Waals surface area (Å²) in [6.45, 7) is 8.77. The number of urea groups is 1. The fourth-order valence-electron chi connectivity index (χ4n) is 1.86. The SMILES string of the molecule is CC(C)(C)C(CCO)NC(=O)N1CCOCC1. The van der Waals surface area contributed by atoms with Gasteiger partial charge in [0.2, 0.25) is 0 Å². The van der Waals surface area contributed by atoms with Crippen molar-refractivity contribution in [3.8, 4) is 0 Å². The molecule has 1 aliphatic rings. The zero-order valence-electron chi connectivity index (χ0n) is 11.0. The lowest BCUT2D eigenvalue weighted by Gasteiger charge is -2.34. The number of aliphatic hydroxyl groups excluding tert-OH is 1. The van der Waals surface area contributed by atoms with Crippen molar-refractivity contribution >= 4 is 6.03 Å². The van der Waals surface area contributed by atoms with E-state index < -0.39 is 0 Å². The molecule has 1 fully saturated rings. The minimum atomic E-state index is -0.0540. The van der Waals surface area contributed by atoms with Gasteiger partial charge in [-0.2, -0.15) is 0 Å². The standard InChI is InChI=1S/C12H24N2O3/c1-12(2,3)10(4-7-15)13-11(16)14-5-8-17-9-6-14/h10,15H,4-9H2,1-3H3,(H,13,16). The first-order valence-corrected chi connectivity index (χ1v) is 6.19. The van der Waals surface area contributed by atoms with Gasteiger partial charge in [0.25, 0.3) is 0 Å². The molecule has 1 unspecified atom stereocenters. The van der Waals surface area contributed by atoms with E-state index in [1.165, 1.54) is 0 Å². The molecule has 0 aliphatic carbocycles. The molecule has 5 nitrogen and oxygen atoms in total. The number of rotatable bonds is 3. The van der Waals surface area contributed by atoms with Gasteiger partial charge in [0.05, 0.1) is 13.2 Å². The smallest absolute Gasteiger partial charge is 0.317 e. The van der Waals surface area contributed by atoms with Crippen LogP contribution in [0.15, 0.2) is 0 Å². The zero-order valence-corrected chi connectivity index (χ0v) is 11.0. The lowest BCUT2D eigenvalue weighted by Crippen LogP contribution is -2.52. The predicted molar refractivity (Wildman–Crippen MR) is 65.9 cm³/mol. The van der Waals surface area contributed by atoms with Crippen molar-refractivity contribution in [1.29, 1.82) is 0 Å². The van der Waals surface area contributed by atoms with Crippen LogP contribution in [0.1, 0.15) is 27.2 Å². The number of nitrogens with one attached hydrogen (secondary N) is 1. The Balaban J connectivity index is 2.51. The second kappa shape index (κ2) is 6.21. The number of carbonyl (C=O) groups is 1. The Labute approximate surface area is 103 Å². The Morgan fingerprint density at radius 1 is 1.41 bits per heavy atom. The minimum absolute atomic E-state index is 0.0113. The zero-order chi connectivity index (χ0) is 12.9. The van der Waals surface area contributed by atoms with Crippen LogP contribution < -0.4 is 5.32 Å². The summed E-state index contributed by atoms with van der Waals surface area (Å²) in [5, 5.41) is 12.0. The average Bonchev–Trinajstić information content (AvgIpc) is 2.28. The normalized spacial score (nSPS) is 18.9. The van der Waals surface area contributed by atoms with Gasteiger partial charge in [-0.1, -0.05) is 20.8 Å². The molecular formula is C12H24N2O3. The molecule has 0 aromatic rings. The van der Waals surface area contributed by atoms with E-state index in [4.69, 9.17) is 9.84 Å². The van der Waals surface area contributed by atoms with Crippen molar-refractivity contribution < 1.29 is 14.6 Å². The van der Waals surface area contributed by atoms with E-state index in [0.717, 1.165) is 0 Å². The fraction of sp³-hybridized carbons (Fsp3) is 0.917. The van der Waals surface area contributed by atoms with Crippen LogP contribution in [0.25, 0.3) is 0 Å². The molecule has 0 saturated carbocycles. The van der Waals surface area contributed by atoms with Gasteiger partial charge in [-0.15, -0.1) is 0 Å². The molecule has 5 heteroatoms. The first-order chi connectivity index (χ1) is 7.95. The van der Waals surface area contributed by atoms with Crippen LogP contribution in [-0.4, -0.2) is 55.0 Å². The summed E-state index contributed by atoms with van der Waals surface area (Å²) >= 11 is 0. The monoisotopic (exact) mass is 244 g/mol. The molecule has 2 amide bonds. The summed E-state index contributed by atoms with van der Waals surface area (Å²) in [4.78, 5) is 13.8. The average molecular weight is 244 g/mol. The van der Waals surface area contributed by atoms with Crippen molar-refractivity contribution in [3.05, 3.63) is 0 Å². The van der Waals surface area contributed by atoms with E-state index in [9.17, 15) is 4.79 Å². The van der Waals surface area contributed by atoms with Crippen LogP contribution in [0.2, 0.25) is 0 Å². The lowest BCUT2D eigenvalue weighted by atomic mass is 9.85. The molecule has 1 saturated heterocycles. The molecule has 100 valence electrons. The number of nitrogens with zero attached hydrogens (tertiary/aromatic N) is 1. The molecule has 0 aromatic carbocycles. The molecule has 1 rings (SSSR count). The number of aliphatic hydroxyl groups is 1. The Bertz CT molecular complexity index is 245. The van der Waals surface area contributed by atoms with E-state index in [-0.39, 0.29) is 24.1 Å². The van der Waals surface area contributed by atoms with Gasteiger partial charge < -0.3 is 20.1 Å². The molecule has 0 spiro atoms. The third-order valence-corrected chi connectivity index (χ3v) is 3.06. The summed E-state index contributed by atoms with van der Waals surface area (Å²) in [5.41, 5.74) is -0.0509. The van der Waals surface area contributed by atoms with Crippen molar-refractivity contribution in [1.82, 2.24) is 10.2 Å². The number of hydrogen-bond acceptors (Lipinski definition) is 3. The lowest BCUT2D eigenvalue weighted by molar-refractivity contribution is 0.0506. The van der Waals surface area contributed by atoms with Crippen LogP contribution in [0.3, 0.4) is 0 Å². The van der Waals surface area contributed by atoms with Crippen LogP contribution in [-0.2, 0) is 4.74 Å². The Morgan fingerprint density at radius 2 is 2.00 bits per heavy atom. The van der Waals surface area contributed by atoms with Crippen molar-refractivity contribution in [2.24, 2.45) is 5.41 Å². The maximum Gasteiger partial charge on any atom is 0.317 e. The number of morpholine rings is 1. The van der Waals surface area contributed by atoms with Gasteiger partial charge in [0.15, 0.2) is 0 Å². The molecule has 0 radical (unpaired) electrons. The molecule has 2 N–H and O–H groups in total. The van der Waals surface area contributed by atoms with E-state index in [2.05, 4.69) is 26.1 Å². The van der Waals surface area contributed by atoms with E-state index in [1.807, 2.05) is 0 Å². The third kappa shape index (κ3) is 4.52. The number of carbonyl (C=O) groups excluding carboxylic acids is 1. The third-order valence-electron chi connectivity index (χ3n) is 3.06. The van der Waals surface area contributed by atoms with Gasteiger partial charge >= 0.3 is 6.03 Å². The minimum Gasteiger partial charge on any atom is -0.396 e. The van der Waals surface area contributed by atoms with Gasteiger partial charge in [-0.05, 0) is 11.8 Å². The van der Waals surface area contributed by atoms with Gasteiger partial charge in [-0.3, -0.25) is 0 Å². The van der Waals surface area contributed by atoms with Gasteiger partial charge in [-0.25, -0.2) is 4.79 Å². The van der Waals surface area contributed by atoms with Crippen LogP contribution >= 0.6 is 0 Å². The van der Waals surface area contributed by atoms with Crippen LogP contribution in [0.5, 0.6) is 0 Å². The molecule has 0 bridgehead atoms. The highest BCUT2D eigenvalue weighted by Gasteiger charge is 2.27. The first kappa shape index (κ1) is 14.3. The quantitative estimate of drug-likeness (QED) is 0.773. The molecule has 1 atom stereocenters. The van der Waals surface area contributed by atoms with E-state index in [0.29, 0.717) is 32.7 Å². The second-order valence-electron chi connectivity index (χ2n) is 5.48. The number of amides is 2. The van der Waals surface area contributed by atoms with Crippen LogP contribution in [0.4, 0.5) is 4.79 Å². The molecule has 1 heterocycles. The summed E-state index contributed by atoms with van der Waals surface area (Å²) in [6, 6.07) is -0.0653. The molecule has 1 aliphatic heterocycles. The second-order valence-corrected chi connectivity index (χ2v) is 5.48.